The maximum absolute atomic E-state index is 13.4. The molecule has 1 N–H and O–H groups in total. The van der Waals surface area contributed by atoms with Gasteiger partial charge in [-0.1, -0.05) is 6.92 Å². The molecular weight excluding hydrogens is 195 g/mol. The third-order valence-corrected chi connectivity index (χ3v) is 2.53. The molecular formula is C12H13FO2. The molecule has 0 fully saturated rings. The summed E-state index contributed by atoms with van der Waals surface area (Å²) in [6.45, 7) is 3.64. The van der Waals surface area contributed by atoms with Crippen molar-refractivity contribution in [3.8, 4) is 0 Å². The molecule has 0 spiro atoms. The van der Waals surface area contributed by atoms with Crippen LogP contribution in [0.3, 0.4) is 0 Å². The van der Waals surface area contributed by atoms with Gasteiger partial charge in [-0.3, -0.25) is 0 Å². The van der Waals surface area contributed by atoms with Gasteiger partial charge >= 0.3 is 0 Å². The molecule has 15 heavy (non-hydrogen) atoms. The van der Waals surface area contributed by atoms with E-state index in [1.807, 2.05) is 6.92 Å². The summed E-state index contributed by atoms with van der Waals surface area (Å²) in [5, 5.41) is 10.2. The third-order valence-electron chi connectivity index (χ3n) is 2.53. The highest BCUT2D eigenvalue weighted by atomic mass is 19.1. The van der Waals surface area contributed by atoms with Crippen LogP contribution in [0.4, 0.5) is 4.39 Å². The van der Waals surface area contributed by atoms with Crippen LogP contribution in [0.1, 0.15) is 30.8 Å². The maximum atomic E-state index is 13.4. The van der Waals surface area contributed by atoms with Gasteiger partial charge in [0.25, 0.3) is 0 Å². The van der Waals surface area contributed by atoms with Gasteiger partial charge in [-0.25, -0.2) is 4.39 Å². The lowest BCUT2D eigenvalue weighted by Crippen LogP contribution is -1.96. The number of benzene rings is 1. The van der Waals surface area contributed by atoms with E-state index in [4.69, 9.17) is 4.42 Å². The Balaban J connectivity index is 2.71. The molecule has 0 aliphatic carbocycles. The summed E-state index contributed by atoms with van der Waals surface area (Å²) < 4.78 is 18.8. The first-order valence-electron chi connectivity index (χ1n) is 5.00. The Bertz CT molecular complexity index is 488. The van der Waals surface area contributed by atoms with Crippen molar-refractivity contribution < 1.29 is 13.9 Å². The fraction of sp³-hybridized carbons (Fsp3) is 0.333. The SMILES string of the molecule is CCC(O)c1ccc(F)c2cc(C)oc12. The van der Waals surface area contributed by atoms with Crippen LogP contribution in [0, 0.1) is 12.7 Å². The molecule has 80 valence electrons. The second kappa shape index (κ2) is 3.66. The van der Waals surface area contributed by atoms with Gasteiger partial charge in [0, 0.05) is 5.56 Å². The number of rotatable bonds is 2. The number of hydrogen-bond acceptors (Lipinski definition) is 2. The molecule has 0 bridgehead atoms. The van der Waals surface area contributed by atoms with Gasteiger partial charge in [-0.2, -0.15) is 0 Å². The molecule has 0 aliphatic rings. The monoisotopic (exact) mass is 208 g/mol. The number of furan rings is 1. The minimum absolute atomic E-state index is 0.311. The van der Waals surface area contributed by atoms with Crippen LogP contribution in [0.5, 0.6) is 0 Å². The summed E-state index contributed by atoms with van der Waals surface area (Å²) >= 11 is 0. The molecule has 1 atom stereocenters. The molecule has 1 unspecified atom stereocenters. The van der Waals surface area contributed by atoms with Crippen molar-refractivity contribution in [2.75, 3.05) is 0 Å². The van der Waals surface area contributed by atoms with E-state index in [-0.39, 0.29) is 5.82 Å². The van der Waals surface area contributed by atoms with Crippen LogP contribution in [-0.2, 0) is 0 Å². The summed E-state index contributed by atoms with van der Waals surface area (Å²) in [5.74, 6) is 0.341. The Morgan fingerprint density at radius 1 is 1.47 bits per heavy atom. The summed E-state index contributed by atoms with van der Waals surface area (Å²) in [6.07, 6.45) is -0.0147. The minimum Gasteiger partial charge on any atom is -0.461 e. The van der Waals surface area contributed by atoms with E-state index in [0.717, 1.165) is 0 Å². The first-order valence-corrected chi connectivity index (χ1v) is 5.00. The van der Waals surface area contributed by atoms with E-state index >= 15 is 0 Å². The average Bonchev–Trinajstić information content (AvgIpc) is 2.60. The molecule has 0 amide bonds. The first kappa shape index (κ1) is 10.2. The second-order valence-electron chi connectivity index (χ2n) is 3.66. The van der Waals surface area contributed by atoms with Crippen molar-refractivity contribution in [1.29, 1.82) is 0 Å². The van der Waals surface area contributed by atoms with Gasteiger partial charge in [-0.15, -0.1) is 0 Å². The zero-order chi connectivity index (χ0) is 11.0. The van der Waals surface area contributed by atoms with E-state index in [0.29, 0.717) is 28.7 Å². The second-order valence-corrected chi connectivity index (χ2v) is 3.66. The quantitative estimate of drug-likeness (QED) is 0.821. The minimum atomic E-state index is -0.598. The lowest BCUT2D eigenvalue weighted by Gasteiger charge is -2.08. The summed E-state index contributed by atoms with van der Waals surface area (Å²) in [6, 6.07) is 4.59. The number of aliphatic hydroxyl groups excluding tert-OH is 1. The fourth-order valence-corrected chi connectivity index (χ4v) is 1.72. The van der Waals surface area contributed by atoms with Crippen molar-refractivity contribution in [3.63, 3.8) is 0 Å². The van der Waals surface area contributed by atoms with Gasteiger partial charge in [0.15, 0.2) is 0 Å². The zero-order valence-electron chi connectivity index (χ0n) is 8.75. The lowest BCUT2D eigenvalue weighted by atomic mass is 10.0. The molecule has 0 saturated carbocycles. The standard InChI is InChI=1S/C12H13FO2/c1-3-11(14)8-4-5-10(13)9-6-7(2)15-12(8)9/h4-6,11,14H,3H2,1-2H3. The van der Waals surface area contributed by atoms with E-state index in [2.05, 4.69) is 0 Å². The predicted molar refractivity (Wildman–Crippen MR) is 56.2 cm³/mol. The van der Waals surface area contributed by atoms with Crippen molar-refractivity contribution >= 4 is 11.0 Å². The average molecular weight is 208 g/mol. The zero-order valence-corrected chi connectivity index (χ0v) is 8.75. The molecule has 1 aromatic heterocycles. The highest BCUT2D eigenvalue weighted by Crippen LogP contribution is 2.30. The van der Waals surface area contributed by atoms with Crippen LogP contribution < -0.4 is 0 Å². The van der Waals surface area contributed by atoms with Crippen LogP contribution in [-0.4, -0.2) is 5.11 Å². The number of aliphatic hydroxyl groups is 1. The van der Waals surface area contributed by atoms with Crippen molar-refractivity contribution in [2.45, 2.75) is 26.4 Å². The van der Waals surface area contributed by atoms with Crippen molar-refractivity contribution in [3.05, 3.63) is 35.3 Å². The number of hydrogen-bond donors (Lipinski definition) is 1. The summed E-state index contributed by atoms with van der Waals surface area (Å²) in [4.78, 5) is 0. The highest BCUT2D eigenvalue weighted by molar-refractivity contribution is 5.82. The molecule has 0 aliphatic heterocycles. The molecule has 0 radical (unpaired) electrons. The van der Waals surface area contributed by atoms with E-state index in [1.54, 1.807) is 19.1 Å². The van der Waals surface area contributed by atoms with Gasteiger partial charge in [-0.05, 0) is 31.5 Å². The fourth-order valence-electron chi connectivity index (χ4n) is 1.72. The lowest BCUT2D eigenvalue weighted by molar-refractivity contribution is 0.174. The smallest absolute Gasteiger partial charge is 0.142 e. The summed E-state index contributed by atoms with van der Waals surface area (Å²) in [5.41, 5.74) is 1.11. The van der Waals surface area contributed by atoms with E-state index in [1.165, 1.54) is 6.07 Å². The molecule has 2 aromatic rings. The maximum Gasteiger partial charge on any atom is 0.142 e. The number of halogens is 1. The van der Waals surface area contributed by atoms with Crippen molar-refractivity contribution in [2.24, 2.45) is 0 Å². The Morgan fingerprint density at radius 3 is 2.87 bits per heavy atom. The number of fused-ring (bicyclic) bond motifs is 1. The third kappa shape index (κ3) is 1.63. The Morgan fingerprint density at radius 2 is 2.20 bits per heavy atom. The largest absolute Gasteiger partial charge is 0.461 e. The van der Waals surface area contributed by atoms with E-state index < -0.39 is 6.10 Å². The molecule has 0 saturated heterocycles. The van der Waals surface area contributed by atoms with Crippen LogP contribution in [0.15, 0.2) is 22.6 Å². The highest BCUT2D eigenvalue weighted by Gasteiger charge is 2.15. The molecule has 1 heterocycles. The molecule has 2 nitrogen and oxygen atoms in total. The van der Waals surface area contributed by atoms with Gasteiger partial charge in [0.2, 0.25) is 0 Å². The van der Waals surface area contributed by atoms with Crippen molar-refractivity contribution in [1.82, 2.24) is 0 Å². The molecule has 1 aromatic carbocycles. The predicted octanol–water partition coefficient (Wildman–Crippen LogP) is 3.32. The molecule has 2 rings (SSSR count). The Hall–Kier alpha value is -1.35. The van der Waals surface area contributed by atoms with Gasteiger partial charge in [0.1, 0.15) is 17.2 Å². The topological polar surface area (TPSA) is 33.4 Å². The van der Waals surface area contributed by atoms with E-state index in [9.17, 15) is 9.50 Å². The molecule has 3 heteroatoms. The van der Waals surface area contributed by atoms with Gasteiger partial charge < -0.3 is 9.52 Å². The Kier molecular flexibility index (Phi) is 2.49. The normalized spacial score (nSPS) is 13.3. The van der Waals surface area contributed by atoms with Crippen LogP contribution in [0.2, 0.25) is 0 Å². The summed E-state index contributed by atoms with van der Waals surface area (Å²) in [7, 11) is 0. The Labute approximate surface area is 87.3 Å². The van der Waals surface area contributed by atoms with Crippen LogP contribution in [0.25, 0.3) is 11.0 Å². The van der Waals surface area contributed by atoms with Gasteiger partial charge in [0.05, 0.1) is 11.5 Å². The number of aryl methyl sites for hydroxylation is 1. The first-order chi connectivity index (χ1) is 7.13. The van der Waals surface area contributed by atoms with Crippen LogP contribution >= 0.6 is 0 Å².